The van der Waals surface area contributed by atoms with Crippen molar-refractivity contribution in [2.24, 2.45) is 0 Å². The maximum absolute atomic E-state index is 12.2. The zero-order valence-corrected chi connectivity index (χ0v) is 31.0. The van der Waals surface area contributed by atoms with Crippen molar-refractivity contribution in [2.45, 2.75) is 49.9 Å². The summed E-state index contributed by atoms with van der Waals surface area (Å²) in [6, 6.07) is 15.6. The van der Waals surface area contributed by atoms with E-state index >= 15 is 0 Å². The van der Waals surface area contributed by atoms with Gasteiger partial charge in [-0.25, -0.2) is 24.7 Å². The third-order valence-corrected chi connectivity index (χ3v) is 8.62. The highest BCUT2D eigenvalue weighted by atomic mass is 79.9. The first kappa shape index (κ1) is 43.5. The maximum atomic E-state index is 12.2. The second-order valence-corrected chi connectivity index (χ2v) is 13.2. The Hall–Kier alpha value is -5.21. The second-order valence-electron chi connectivity index (χ2n) is 12.4. The number of rotatable bonds is 8. The number of aliphatic carboxylic acids is 1. The van der Waals surface area contributed by atoms with Crippen LogP contribution in [0.25, 0.3) is 0 Å². The molecule has 2 aromatic heterocycles. The number of benzene rings is 2. The molecule has 0 aliphatic carbocycles. The molecule has 20 heteroatoms. The van der Waals surface area contributed by atoms with Crippen molar-refractivity contribution in [3.8, 4) is 5.88 Å². The summed E-state index contributed by atoms with van der Waals surface area (Å²) in [6.45, 7) is 2.67. The van der Waals surface area contributed by atoms with Crippen LogP contribution in [0.2, 0.25) is 0 Å². The summed E-state index contributed by atoms with van der Waals surface area (Å²) in [6.07, 6.45) is 0.177. The highest BCUT2D eigenvalue weighted by Crippen LogP contribution is 2.26. The standard InChI is InChI=1S/C18H19F3N4O2.C16H17BrN4O.C2HF3O2/c19-18(20,21)11-27-16-10-23-15(9-24-16)17(26)25-14-5-3-12(4-6-14)13-2-1-7-22-8-13;17-15-10-19-14(9-20-15)16(22)21-13-5-3-11(4-6-13)12-2-1-7-18-8-12;3-2(4,5)1(6)7/h3-6,9-10,13,22H,1-2,7-8,11H2,(H,25,26);3-6,9-10,12,18H,1-2,7-8H2,(H,21,22);(H,6,7)/t13-;12-;/m11./s1. The van der Waals surface area contributed by atoms with Gasteiger partial charge in [0.2, 0.25) is 5.88 Å². The molecule has 2 fully saturated rings. The molecule has 6 rings (SSSR count). The third-order valence-electron chi connectivity index (χ3n) is 8.21. The van der Waals surface area contributed by atoms with Gasteiger partial charge in [-0.15, -0.1) is 0 Å². The number of halogens is 7. The molecule has 2 aliphatic heterocycles. The molecule has 2 saturated heterocycles. The van der Waals surface area contributed by atoms with E-state index in [1.807, 2.05) is 36.4 Å². The van der Waals surface area contributed by atoms with Crippen molar-refractivity contribution in [3.63, 3.8) is 0 Å². The van der Waals surface area contributed by atoms with Gasteiger partial charge >= 0.3 is 18.3 Å². The van der Waals surface area contributed by atoms with Crippen molar-refractivity contribution >= 4 is 45.1 Å². The first-order valence-electron chi connectivity index (χ1n) is 17.1. The summed E-state index contributed by atoms with van der Waals surface area (Å²) in [4.78, 5) is 48.7. The number of alkyl halides is 6. The van der Waals surface area contributed by atoms with Crippen molar-refractivity contribution in [1.82, 2.24) is 30.6 Å². The van der Waals surface area contributed by atoms with Crippen LogP contribution >= 0.6 is 15.9 Å². The first-order valence-corrected chi connectivity index (χ1v) is 17.9. The highest BCUT2D eigenvalue weighted by molar-refractivity contribution is 9.10. The Labute approximate surface area is 325 Å². The monoisotopic (exact) mass is 854 g/mol. The topological polar surface area (TPSA) is 180 Å². The van der Waals surface area contributed by atoms with Crippen LogP contribution in [-0.4, -0.2) is 88.0 Å². The molecule has 4 heterocycles. The Kier molecular flexibility index (Phi) is 16.0. The SMILES string of the molecule is O=C(Nc1ccc([C@@H]2CCCNC2)cc1)c1cnc(Br)cn1.O=C(Nc1ccc([C@@H]2CCCNC2)cc1)c1cnc(OCC(F)(F)F)cn1.O=C(O)C(F)(F)F. The number of anilines is 2. The normalized spacial score (nSPS) is 16.8. The lowest BCUT2D eigenvalue weighted by Crippen LogP contribution is -2.28. The smallest absolute Gasteiger partial charge is 0.475 e. The minimum absolute atomic E-state index is 0.0186. The minimum Gasteiger partial charge on any atom is -0.475 e. The van der Waals surface area contributed by atoms with E-state index in [4.69, 9.17) is 9.90 Å². The molecule has 0 radical (unpaired) electrons. The van der Waals surface area contributed by atoms with Gasteiger partial charge in [0.1, 0.15) is 16.0 Å². The van der Waals surface area contributed by atoms with E-state index in [0.29, 0.717) is 27.8 Å². The second kappa shape index (κ2) is 20.6. The summed E-state index contributed by atoms with van der Waals surface area (Å²) in [5.41, 5.74) is 4.17. The molecule has 5 N–H and O–H groups in total. The lowest BCUT2D eigenvalue weighted by Gasteiger charge is -2.23. The zero-order chi connectivity index (χ0) is 40.7. The van der Waals surface area contributed by atoms with Crippen LogP contribution in [0.1, 0.15) is 69.6 Å². The predicted molar refractivity (Wildman–Crippen MR) is 195 cm³/mol. The number of piperidine rings is 2. The van der Waals surface area contributed by atoms with Crippen LogP contribution in [-0.2, 0) is 4.79 Å². The average molecular weight is 856 g/mol. The van der Waals surface area contributed by atoms with Crippen LogP contribution in [0.3, 0.4) is 0 Å². The summed E-state index contributed by atoms with van der Waals surface area (Å²) in [7, 11) is 0. The molecule has 13 nitrogen and oxygen atoms in total. The van der Waals surface area contributed by atoms with Crippen molar-refractivity contribution < 1.29 is 50.6 Å². The van der Waals surface area contributed by atoms with E-state index < -0.39 is 30.8 Å². The van der Waals surface area contributed by atoms with Crippen LogP contribution in [0.5, 0.6) is 5.88 Å². The summed E-state index contributed by atoms with van der Waals surface area (Å²) in [5, 5.41) is 19.4. The fraction of sp³-hybridized carbons (Fsp3) is 0.361. The van der Waals surface area contributed by atoms with E-state index in [9.17, 15) is 35.9 Å². The Balaban J connectivity index is 0.000000216. The van der Waals surface area contributed by atoms with E-state index in [-0.39, 0.29) is 17.5 Å². The van der Waals surface area contributed by atoms with Gasteiger partial charge in [0, 0.05) is 24.5 Å². The molecule has 56 heavy (non-hydrogen) atoms. The fourth-order valence-electron chi connectivity index (χ4n) is 5.43. The number of carboxylic acids is 1. The molecule has 2 aromatic carbocycles. The molecule has 2 amide bonds. The van der Waals surface area contributed by atoms with Crippen molar-refractivity contribution in [1.29, 1.82) is 0 Å². The number of nitrogens with one attached hydrogen (secondary N) is 4. The summed E-state index contributed by atoms with van der Waals surface area (Å²) in [5.74, 6) is -2.78. The molecule has 0 unspecified atom stereocenters. The van der Waals surface area contributed by atoms with Crippen LogP contribution in [0.4, 0.5) is 37.7 Å². The van der Waals surface area contributed by atoms with Crippen molar-refractivity contribution in [3.05, 3.63) is 100 Å². The van der Waals surface area contributed by atoms with Crippen LogP contribution in [0, 0.1) is 0 Å². The summed E-state index contributed by atoms with van der Waals surface area (Å²) >= 11 is 3.20. The van der Waals surface area contributed by atoms with E-state index in [2.05, 4.69) is 74.0 Å². The third kappa shape index (κ3) is 14.8. The van der Waals surface area contributed by atoms with Gasteiger partial charge in [-0.05, 0) is 102 Å². The molecule has 0 spiro atoms. The largest absolute Gasteiger partial charge is 0.490 e. The van der Waals surface area contributed by atoms with Gasteiger partial charge in [0.15, 0.2) is 6.61 Å². The molecule has 0 bridgehead atoms. The Morgan fingerprint density at radius 2 is 1.16 bits per heavy atom. The van der Waals surface area contributed by atoms with Crippen LogP contribution < -0.4 is 26.0 Å². The molecule has 300 valence electrons. The van der Waals surface area contributed by atoms with E-state index in [1.165, 1.54) is 36.4 Å². The lowest BCUT2D eigenvalue weighted by atomic mass is 9.92. The Morgan fingerprint density at radius 3 is 1.50 bits per heavy atom. The van der Waals surface area contributed by atoms with E-state index in [0.717, 1.165) is 57.1 Å². The molecular formula is C36H37BrF6N8O5. The minimum atomic E-state index is -5.08. The number of carbonyl (C=O) groups is 3. The van der Waals surface area contributed by atoms with E-state index in [1.54, 1.807) is 0 Å². The fourth-order valence-corrected chi connectivity index (χ4v) is 5.64. The number of amides is 2. The van der Waals surface area contributed by atoms with Gasteiger partial charge < -0.3 is 31.1 Å². The first-order chi connectivity index (χ1) is 26.6. The molecule has 2 atom stereocenters. The summed E-state index contributed by atoms with van der Waals surface area (Å²) < 4.78 is 73.1. The number of hydrogen-bond donors (Lipinski definition) is 5. The predicted octanol–water partition coefficient (Wildman–Crippen LogP) is 6.73. The number of aromatic nitrogens is 4. The molecule has 4 aromatic rings. The number of nitrogens with zero attached hydrogens (tertiary/aromatic N) is 4. The lowest BCUT2D eigenvalue weighted by molar-refractivity contribution is -0.192. The van der Waals surface area contributed by atoms with Gasteiger partial charge in [-0.1, -0.05) is 24.3 Å². The molecule has 2 aliphatic rings. The van der Waals surface area contributed by atoms with Gasteiger partial charge in [-0.3, -0.25) is 9.59 Å². The molecule has 0 saturated carbocycles. The Bertz CT molecular complexity index is 1860. The Morgan fingerprint density at radius 1 is 0.714 bits per heavy atom. The average Bonchev–Trinajstić information content (AvgIpc) is 3.18. The zero-order valence-electron chi connectivity index (χ0n) is 29.5. The van der Waals surface area contributed by atoms with Crippen molar-refractivity contribution in [2.75, 3.05) is 43.4 Å². The highest BCUT2D eigenvalue weighted by Gasteiger charge is 2.38. The quantitative estimate of drug-likeness (QED) is 0.119. The number of ether oxygens (including phenoxy) is 1. The van der Waals surface area contributed by atoms with Gasteiger partial charge in [0.05, 0.1) is 24.8 Å². The van der Waals surface area contributed by atoms with Crippen LogP contribution in [0.15, 0.2) is 77.9 Å². The maximum Gasteiger partial charge on any atom is 0.490 e. The molecular weight excluding hydrogens is 818 g/mol. The number of carboxylic acid groups (broad SMARTS) is 1. The van der Waals surface area contributed by atoms with Gasteiger partial charge in [0.25, 0.3) is 11.8 Å². The van der Waals surface area contributed by atoms with Gasteiger partial charge in [-0.2, -0.15) is 26.3 Å². The number of hydrogen-bond acceptors (Lipinski definition) is 10. The number of carbonyl (C=O) groups excluding carboxylic acids is 2.